The molecule has 0 radical (unpaired) electrons. The Balaban J connectivity index is 1.32. The van der Waals surface area contributed by atoms with Gasteiger partial charge in [0.05, 0.1) is 29.3 Å². The van der Waals surface area contributed by atoms with Gasteiger partial charge < -0.3 is 9.30 Å². The van der Waals surface area contributed by atoms with E-state index in [1.54, 1.807) is 30.9 Å². The van der Waals surface area contributed by atoms with Gasteiger partial charge in [-0.1, -0.05) is 18.1 Å². The molecule has 10 nitrogen and oxygen atoms in total. The second-order valence-electron chi connectivity index (χ2n) is 7.77. The fourth-order valence-corrected chi connectivity index (χ4v) is 3.53. The Morgan fingerprint density at radius 3 is 2.67 bits per heavy atom. The van der Waals surface area contributed by atoms with Gasteiger partial charge in [0.1, 0.15) is 17.1 Å². The highest BCUT2D eigenvalue weighted by molar-refractivity contribution is 5.87. The first-order valence-electron chi connectivity index (χ1n) is 10.8. The average Bonchev–Trinajstić information content (AvgIpc) is 3.48. The van der Waals surface area contributed by atoms with Gasteiger partial charge in [0.15, 0.2) is 0 Å². The van der Waals surface area contributed by atoms with E-state index >= 15 is 0 Å². The number of imidazole rings is 2. The molecule has 0 spiro atoms. The van der Waals surface area contributed by atoms with E-state index in [4.69, 9.17) is 4.74 Å². The quantitative estimate of drug-likeness (QED) is 0.228. The van der Waals surface area contributed by atoms with Gasteiger partial charge in [-0.3, -0.25) is 19.8 Å². The molecular formula is C26H18N6O4. The van der Waals surface area contributed by atoms with Crippen LogP contribution in [0.1, 0.15) is 11.3 Å². The highest BCUT2D eigenvalue weighted by Gasteiger charge is 2.11. The molecule has 0 atom stereocenters. The summed E-state index contributed by atoms with van der Waals surface area (Å²) in [6.07, 6.45) is 6.35. The van der Waals surface area contributed by atoms with Crippen molar-refractivity contribution < 1.29 is 14.5 Å². The van der Waals surface area contributed by atoms with Gasteiger partial charge in [-0.15, -0.1) is 0 Å². The van der Waals surface area contributed by atoms with Crippen LogP contribution < -0.4 is 10.1 Å². The molecule has 0 aliphatic carbocycles. The second kappa shape index (κ2) is 9.44. The number of hydrogen-bond acceptors (Lipinski definition) is 6. The molecule has 0 fully saturated rings. The number of benzene rings is 2. The van der Waals surface area contributed by atoms with Crippen molar-refractivity contribution in [1.29, 1.82) is 0 Å². The van der Waals surface area contributed by atoms with Crippen LogP contribution >= 0.6 is 0 Å². The van der Waals surface area contributed by atoms with Crippen LogP contribution in [0.5, 0.6) is 5.75 Å². The number of fused-ring (bicyclic) bond motifs is 1. The molecule has 0 aliphatic rings. The van der Waals surface area contributed by atoms with E-state index in [-0.39, 0.29) is 11.4 Å². The summed E-state index contributed by atoms with van der Waals surface area (Å²) in [4.78, 5) is 31.1. The van der Waals surface area contributed by atoms with E-state index in [1.807, 2.05) is 46.5 Å². The number of amides is 1. The molecule has 0 unspecified atom stereocenters. The number of nitro groups is 1. The van der Waals surface area contributed by atoms with Crippen LogP contribution in [0.2, 0.25) is 0 Å². The lowest BCUT2D eigenvalue weighted by Gasteiger charge is -2.08. The molecule has 176 valence electrons. The van der Waals surface area contributed by atoms with Crippen LogP contribution in [0.25, 0.3) is 16.9 Å². The van der Waals surface area contributed by atoms with Gasteiger partial charge in [-0.2, -0.15) is 0 Å². The molecule has 2 aromatic carbocycles. The summed E-state index contributed by atoms with van der Waals surface area (Å²) in [5.74, 6) is 6.42. The molecule has 3 aromatic heterocycles. The first-order valence-corrected chi connectivity index (χ1v) is 10.8. The van der Waals surface area contributed by atoms with Crippen LogP contribution in [-0.4, -0.2) is 30.0 Å². The van der Waals surface area contributed by atoms with Crippen LogP contribution in [0, 0.1) is 22.0 Å². The van der Waals surface area contributed by atoms with E-state index in [0.29, 0.717) is 5.69 Å². The Morgan fingerprint density at radius 1 is 1.08 bits per heavy atom. The SMILES string of the molecule is Cn1cncc1C#Cc1ccn2c(-c3cccc(NC(=O)Oc4ccc([N+](=O)[O-])cc4)c3)cnc2c1. The van der Waals surface area contributed by atoms with E-state index in [2.05, 4.69) is 27.1 Å². The van der Waals surface area contributed by atoms with Crippen molar-refractivity contribution in [3.63, 3.8) is 0 Å². The summed E-state index contributed by atoms with van der Waals surface area (Å²) >= 11 is 0. The summed E-state index contributed by atoms with van der Waals surface area (Å²) < 4.78 is 9.00. The molecule has 5 rings (SSSR count). The smallest absolute Gasteiger partial charge is 0.410 e. The van der Waals surface area contributed by atoms with Crippen LogP contribution in [-0.2, 0) is 7.05 Å². The number of ether oxygens (including phenoxy) is 1. The van der Waals surface area contributed by atoms with Crippen molar-refractivity contribution in [2.75, 3.05) is 5.32 Å². The molecule has 0 bridgehead atoms. The first kappa shape index (κ1) is 22.4. The third-order valence-electron chi connectivity index (χ3n) is 5.33. The number of nitrogens with one attached hydrogen (secondary N) is 1. The number of hydrogen-bond donors (Lipinski definition) is 1. The fourth-order valence-electron chi connectivity index (χ4n) is 3.53. The minimum absolute atomic E-state index is 0.0870. The molecular weight excluding hydrogens is 460 g/mol. The zero-order valence-electron chi connectivity index (χ0n) is 19.0. The molecule has 10 heteroatoms. The maximum Gasteiger partial charge on any atom is 0.417 e. The van der Waals surface area contributed by atoms with E-state index in [1.165, 1.54) is 24.3 Å². The van der Waals surface area contributed by atoms with Crippen LogP contribution in [0.4, 0.5) is 16.2 Å². The maximum atomic E-state index is 12.3. The standard InChI is InChI=1S/C26H18N6O4/c1-30-17-27-15-22(30)6-5-18-11-12-31-24(16-28-25(31)13-18)19-3-2-4-20(14-19)29-26(33)36-23-9-7-21(8-10-23)32(34)35/h2-4,7-17H,1H3,(H,29,33). The summed E-state index contributed by atoms with van der Waals surface area (Å²) in [6, 6.07) is 16.3. The van der Waals surface area contributed by atoms with E-state index in [0.717, 1.165) is 28.2 Å². The molecule has 0 saturated heterocycles. The predicted octanol–water partition coefficient (Wildman–Crippen LogP) is 4.65. The Labute approximate surface area is 205 Å². The van der Waals surface area contributed by atoms with Crippen molar-refractivity contribution in [2.24, 2.45) is 7.05 Å². The number of pyridine rings is 1. The highest BCUT2D eigenvalue weighted by atomic mass is 16.6. The second-order valence-corrected chi connectivity index (χ2v) is 7.77. The molecule has 5 aromatic rings. The number of aromatic nitrogens is 4. The molecule has 1 N–H and O–H groups in total. The highest BCUT2D eigenvalue weighted by Crippen LogP contribution is 2.25. The van der Waals surface area contributed by atoms with Gasteiger partial charge >= 0.3 is 6.09 Å². The number of non-ortho nitro benzene ring substituents is 1. The zero-order chi connectivity index (χ0) is 25.1. The molecule has 0 saturated carbocycles. The minimum atomic E-state index is -0.712. The summed E-state index contributed by atoms with van der Waals surface area (Å²) in [5, 5.41) is 13.4. The minimum Gasteiger partial charge on any atom is -0.410 e. The summed E-state index contributed by atoms with van der Waals surface area (Å²) in [7, 11) is 1.89. The summed E-state index contributed by atoms with van der Waals surface area (Å²) in [5.41, 5.74) is 4.48. The number of carbonyl (C=O) groups excluding carboxylic acids is 1. The number of anilines is 1. The third-order valence-corrected chi connectivity index (χ3v) is 5.33. The number of carbonyl (C=O) groups is 1. The molecule has 0 aliphatic heterocycles. The van der Waals surface area contributed by atoms with E-state index in [9.17, 15) is 14.9 Å². The van der Waals surface area contributed by atoms with Gasteiger partial charge in [0.2, 0.25) is 0 Å². The summed E-state index contributed by atoms with van der Waals surface area (Å²) in [6.45, 7) is 0. The number of rotatable bonds is 4. The number of aryl methyl sites for hydroxylation is 1. The molecule has 1 amide bonds. The fraction of sp³-hybridized carbons (Fsp3) is 0.0385. The molecule has 3 heterocycles. The maximum absolute atomic E-state index is 12.3. The van der Waals surface area contributed by atoms with Gasteiger partial charge in [0.25, 0.3) is 5.69 Å². The molecule has 36 heavy (non-hydrogen) atoms. The largest absolute Gasteiger partial charge is 0.417 e. The first-order chi connectivity index (χ1) is 17.5. The Morgan fingerprint density at radius 2 is 1.92 bits per heavy atom. The predicted molar refractivity (Wildman–Crippen MR) is 133 cm³/mol. The Bertz CT molecular complexity index is 1660. The Kier molecular flexibility index (Phi) is 5.86. The topological polar surface area (TPSA) is 117 Å². The normalized spacial score (nSPS) is 10.5. The van der Waals surface area contributed by atoms with E-state index < -0.39 is 11.0 Å². The lowest BCUT2D eigenvalue weighted by molar-refractivity contribution is -0.384. The van der Waals surface area contributed by atoms with Gasteiger partial charge in [-0.05, 0) is 42.3 Å². The lowest BCUT2D eigenvalue weighted by Crippen LogP contribution is -2.16. The van der Waals surface area contributed by atoms with Crippen molar-refractivity contribution in [3.05, 3.63) is 107 Å². The van der Waals surface area contributed by atoms with Crippen LogP contribution in [0.3, 0.4) is 0 Å². The Hall–Kier alpha value is -5.43. The van der Waals surface area contributed by atoms with Crippen molar-refractivity contribution in [3.8, 4) is 28.8 Å². The number of nitrogens with zero attached hydrogens (tertiary/aromatic N) is 5. The number of nitro benzene ring substituents is 1. The van der Waals surface area contributed by atoms with Gasteiger partial charge in [0, 0.05) is 42.2 Å². The van der Waals surface area contributed by atoms with Crippen molar-refractivity contribution >= 4 is 23.1 Å². The van der Waals surface area contributed by atoms with Gasteiger partial charge in [-0.25, -0.2) is 14.8 Å². The van der Waals surface area contributed by atoms with Crippen molar-refractivity contribution in [1.82, 2.24) is 18.9 Å². The van der Waals surface area contributed by atoms with Crippen LogP contribution in [0.15, 0.2) is 85.6 Å². The lowest BCUT2D eigenvalue weighted by atomic mass is 10.1. The zero-order valence-corrected chi connectivity index (χ0v) is 19.0. The van der Waals surface area contributed by atoms with Crippen molar-refractivity contribution in [2.45, 2.75) is 0 Å². The monoisotopic (exact) mass is 478 g/mol. The third kappa shape index (κ3) is 4.76. The average molecular weight is 478 g/mol.